The number of hydrogen-bond acceptors (Lipinski definition) is 8. The lowest BCUT2D eigenvalue weighted by atomic mass is 9.95. The lowest BCUT2D eigenvalue weighted by Gasteiger charge is -2.31. The number of nitrogens with one attached hydrogen (secondary N) is 2. The first kappa shape index (κ1) is 34.3. The fourth-order valence-corrected chi connectivity index (χ4v) is 4.95. The van der Waals surface area contributed by atoms with Crippen molar-refractivity contribution in [2.45, 2.75) is 51.6 Å². The summed E-state index contributed by atoms with van der Waals surface area (Å²) < 4.78 is 80.5. The molecule has 0 aliphatic rings. The van der Waals surface area contributed by atoms with Crippen LogP contribution in [-0.2, 0) is 18.0 Å². The fourth-order valence-electron chi connectivity index (χ4n) is 4.79. The molecule has 0 saturated heterocycles. The zero-order chi connectivity index (χ0) is 34.5. The van der Waals surface area contributed by atoms with Crippen molar-refractivity contribution in [3.8, 4) is 17.3 Å². The average Bonchev–Trinajstić information content (AvgIpc) is 3.38. The van der Waals surface area contributed by atoms with Gasteiger partial charge in [-0.25, -0.2) is 18.6 Å². The number of rotatable bonds is 12. The number of anilines is 1. The normalized spacial score (nSPS) is 12.8. The number of aryl methyl sites for hydroxylation is 1. The van der Waals surface area contributed by atoms with Crippen LogP contribution in [0.2, 0.25) is 5.28 Å². The molecule has 252 valence electrons. The second-order valence-electron chi connectivity index (χ2n) is 11.1. The second-order valence-corrected chi connectivity index (χ2v) is 11.4. The largest absolute Gasteiger partial charge is 0.485 e. The SMILES string of the molecule is Cc1nc2c(OCc3c(F)cccc3F)cccn2c1-c1nc(Cl)nc(NCC(C)(CCC(F)(F)F)NC(=O)OCc2ccccc2)n1. The van der Waals surface area contributed by atoms with Gasteiger partial charge in [0.2, 0.25) is 11.2 Å². The van der Waals surface area contributed by atoms with Crippen molar-refractivity contribution in [3.05, 3.63) is 101 Å². The van der Waals surface area contributed by atoms with Crippen LogP contribution in [0.1, 0.15) is 36.6 Å². The second kappa shape index (κ2) is 14.4. The highest BCUT2D eigenvalue weighted by molar-refractivity contribution is 6.28. The van der Waals surface area contributed by atoms with E-state index in [1.807, 2.05) is 0 Å². The van der Waals surface area contributed by atoms with Crippen molar-refractivity contribution in [2.24, 2.45) is 0 Å². The molecule has 1 amide bonds. The first-order valence-corrected chi connectivity index (χ1v) is 14.9. The Balaban J connectivity index is 1.35. The first-order chi connectivity index (χ1) is 22.8. The number of nitrogens with zero attached hydrogens (tertiary/aromatic N) is 5. The van der Waals surface area contributed by atoms with E-state index in [-0.39, 0.29) is 41.5 Å². The molecule has 5 rings (SSSR count). The van der Waals surface area contributed by atoms with Gasteiger partial charge in [-0.15, -0.1) is 0 Å². The number of amides is 1. The highest BCUT2D eigenvalue weighted by Crippen LogP contribution is 2.30. The lowest BCUT2D eigenvalue weighted by molar-refractivity contribution is -0.138. The van der Waals surface area contributed by atoms with Gasteiger partial charge in [0.1, 0.15) is 30.5 Å². The van der Waals surface area contributed by atoms with Crippen LogP contribution < -0.4 is 15.4 Å². The zero-order valence-electron chi connectivity index (χ0n) is 25.6. The van der Waals surface area contributed by atoms with Crippen molar-refractivity contribution in [3.63, 3.8) is 0 Å². The summed E-state index contributed by atoms with van der Waals surface area (Å²) in [7, 11) is 0. The molecule has 3 heterocycles. The van der Waals surface area contributed by atoms with Gasteiger partial charge in [-0.2, -0.15) is 28.1 Å². The predicted octanol–water partition coefficient (Wildman–Crippen LogP) is 7.44. The van der Waals surface area contributed by atoms with E-state index in [0.717, 1.165) is 12.1 Å². The summed E-state index contributed by atoms with van der Waals surface area (Å²) in [5.74, 6) is -1.31. The molecular weight excluding hydrogens is 661 g/mol. The first-order valence-electron chi connectivity index (χ1n) is 14.5. The minimum absolute atomic E-state index is 0.0621. The van der Waals surface area contributed by atoms with Gasteiger partial charge >= 0.3 is 12.3 Å². The summed E-state index contributed by atoms with van der Waals surface area (Å²) in [6.07, 6.45) is -5.40. The summed E-state index contributed by atoms with van der Waals surface area (Å²) in [5.41, 5.74) is 0.119. The molecule has 0 bridgehead atoms. The van der Waals surface area contributed by atoms with Crippen LogP contribution in [0.15, 0.2) is 66.9 Å². The third-order valence-electron chi connectivity index (χ3n) is 7.26. The summed E-state index contributed by atoms with van der Waals surface area (Å²) in [4.78, 5) is 29.8. The van der Waals surface area contributed by atoms with Gasteiger partial charge in [0, 0.05) is 19.2 Å². The van der Waals surface area contributed by atoms with Gasteiger partial charge in [0.05, 0.1) is 16.8 Å². The quantitative estimate of drug-likeness (QED) is 0.130. The summed E-state index contributed by atoms with van der Waals surface area (Å²) in [6.45, 7) is 2.40. The van der Waals surface area contributed by atoms with E-state index in [0.29, 0.717) is 22.6 Å². The number of aromatic nitrogens is 5. The predicted molar refractivity (Wildman–Crippen MR) is 166 cm³/mol. The van der Waals surface area contributed by atoms with Gasteiger partial charge in [0.15, 0.2) is 17.2 Å². The molecule has 5 aromatic rings. The highest BCUT2D eigenvalue weighted by atomic mass is 35.5. The van der Waals surface area contributed by atoms with Crippen LogP contribution in [0.4, 0.5) is 32.7 Å². The number of hydrogen-bond donors (Lipinski definition) is 2. The number of carbonyl (C=O) groups excluding carboxylic acids is 1. The van der Waals surface area contributed by atoms with E-state index in [2.05, 4.69) is 30.6 Å². The number of pyridine rings is 1. The molecule has 2 N–H and O–H groups in total. The van der Waals surface area contributed by atoms with Crippen molar-refractivity contribution >= 4 is 29.3 Å². The van der Waals surface area contributed by atoms with Gasteiger partial charge < -0.3 is 20.1 Å². The maximum absolute atomic E-state index is 14.2. The topological polar surface area (TPSA) is 116 Å². The van der Waals surface area contributed by atoms with Crippen molar-refractivity contribution in [1.82, 2.24) is 29.7 Å². The Labute approximate surface area is 276 Å². The van der Waals surface area contributed by atoms with Gasteiger partial charge in [-0.05, 0) is 61.7 Å². The van der Waals surface area contributed by atoms with E-state index in [1.165, 1.54) is 13.0 Å². The van der Waals surface area contributed by atoms with Crippen LogP contribution in [0.5, 0.6) is 5.75 Å². The summed E-state index contributed by atoms with van der Waals surface area (Å²) in [5, 5.41) is 5.16. The summed E-state index contributed by atoms with van der Waals surface area (Å²) >= 11 is 6.24. The molecule has 0 saturated carbocycles. The third-order valence-corrected chi connectivity index (χ3v) is 7.42. The Kier molecular flexibility index (Phi) is 10.3. The van der Waals surface area contributed by atoms with Gasteiger partial charge in [-0.1, -0.05) is 36.4 Å². The smallest absolute Gasteiger partial charge is 0.407 e. The Hall–Kier alpha value is -5.05. The molecule has 3 aromatic heterocycles. The fraction of sp³-hybridized carbons (Fsp3) is 0.281. The number of carbonyl (C=O) groups is 1. The molecular formula is C32H29ClF5N7O3. The Morgan fingerprint density at radius 2 is 1.65 bits per heavy atom. The molecule has 1 atom stereocenters. The minimum atomic E-state index is -4.48. The van der Waals surface area contributed by atoms with Gasteiger partial charge in [0.25, 0.3) is 0 Å². The molecule has 0 radical (unpaired) electrons. The van der Waals surface area contributed by atoms with Crippen molar-refractivity contribution in [2.75, 3.05) is 11.9 Å². The van der Waals surface area contributed by atoms with Crippen LogP contribution >= 0.6 is 11.6 Å². The van der Waals surface area contributed by atoms with E-state index >= 15 is 0 Å². The number of fused-ring (bicyclic) bond motifs is 1. The maximum atomic E-state index is 14.2. The van der Waals surface area contributed by atoms with Crippen LogP contribution in [0.3, 0.4) is 0 Å². The number of halogens is 6. The Morgan fingerprint density at radius 1 is 0.917 bits per heavy atom. The molecule has 0 aliphatic carbocycles. The van der Waals surface area contributed by atoms with E-state index in [1.54, 1.807) is 60.0 Å². The molecule has 1 unspecified atom stereocenters. The van der Waals surface area contributed by atoms with Crippen LogP contribution in [-0.4, -0.2) is 48.7 Å². The van der Waals surface area contributed by atoms with Crippen molar-refractivity contribution in [1.29, 1.82) is 0 Å². The highest BCUT2D eigenvalue weighted by Gasteiger charge is 2.35. The summed E-state index contributed by atoms with van der Waals surface area (Å²) in [6, 6.07) is 15.5. The number of alkyl carbamates (subject to hydrolysis) is 1. The minimum Gasteiger partial charge on any atom is -0.485 e. The Bertz CT molecular complexity index is 1890. The standard InChI is InChI=1S/C32H29ClF5N7O3/c1-19-25(45-15-7-12-24(27(45)40-19)47-17-21-22(34)10-6-11-23(21)35)26-41-28(33)43-29(42-26)39-18-31(2,13-14-32(36,37)38)44-30(46)48-16-20-8-4-3-5-9-20/h3-12,15H,13-14,16-18H2,1-2H3,(H,44,46)(H,39,41,42,43). The van der Waals surface area contributed by atoms with Crippen LogP contribution in [0.25, 0.3) is 17.2 Å². The monoisotopic (exact) mass is 689 g/mol. The van der Waals surface area contributed by atoms with Crippen molar-refractivity contribution < 1.29 is 36.2 Å². The molecule has 0 fully saturated rings. The van der Waals surface area contributed by atoms with Crippen LogP contribution in [0, 0.1) is 18.6 Å². The molecule has 48 heavy (non-hydrogen) atoms. The molecule has 16 heteroatoms. The number of imidazole rings is 1. The Morgan fingerprint density at radius 3 is 2.35 bits per heavy atom. The third kappa shape index (κ3) is 8.64. The molecule has 0 aliphatic heterocycles. The molecule has 10 nitrogen and oxygen atoms in total. The van der Waals surface area contributed by atoms with E-state index in [9.17, 15) is 26.7 Å². The van der Waals surface area contributed by atoms with Gasteiger partial charge in [-0.3, -0.25) is 4.40 Å². The number of alkyl halides is 3. The molecule has 0 spiro atoms. The van der Waals surface area contributed by atoms with E-state index < -0.39 is 48.9 Å². The number of ether oxygens (including phenoxy) is 2. The lowest BCUT2D eigenvalue weighted by Crippen LogP contribution is -2.51. The number of benzene rings is 2. The average molecular weight is 690 g/mol. The zero-order valence-corrected chi connectivity index (χ0v) is 26.4. The molecule has 2 aromatic carbocycles. The maximum Gasteiger partial charge on any atom is 0.407 e. The van der Waals surface area contributed by atoms with E-state index in [4.69, 9.17) is 21.1 Å².